The Morgan fingerprint density at radius 3 is 1.14 bits per heavy atom. The van der Waals surface area contributed by atoms with Crippen molar-refractivity contribution in [3.63, 3.8) is 0 Å². The van der Waals surface area contributed by atoms with Crippen LogP contribution in [-0.4, -0.2) is 151 Å². The van der Waals surface area contributed by atoms with Crippen molar-refractivity contribution in [1.29, 1.82) is 0 Å². The molecule has 0 saturated carbocycles. The second kappa shape index (κ2) is 22.1. The molecular weight excluding hydrogens is 488 g/mol. The van der Waals surface area contributed by atoms with Gasteiger partial charge in [-0.05, 0) is 0 Å². The van der Waals surface area contributed by atoms with E-state index in [1.807, 2.05) is 9.80 Å². The van der Waals surface area contributed by atoms with Gasteiger partial charge in [-0.2, -0.15) is 0 Å². The number of aliphatic hydroxyl groups is 4. The summed E-state index contributed by atoms with van der Waals surface area (Å²) in [6.07, 6.45) is -2.02. The minimum atomic E-state index is -0.824. The standard InChI is InChI=1S/C22H48N8O7/c23-11-17(32)14-26-20(35)1-4-29(5-2-21(36)27-15-18(33)12-24)7-8-30(9-10-31)6-3-22(37)28-16-19(34)13-25/h17-19,31-34H,1-16,23-25H2,(H,26,35)(H,27,36)(H,28,37). The third-order valence-corrected chi connectivity index (χ3v) is 5.53. The first-order valence-electron chi connectivity index (χ1n) is 12.6. The van der Waals surface area contributed by atoms with Crippen LogP contribution >= 0.6 is 0 Å². The summed E-state index contributed by atoms with van der Waals surface area (Å²) in [6, 6.07) is 0. The van der Waals surface area contributed by atoms with Gasteiger partial charge in [0, 0.05) is 97.8 Å². The summed E-state index contributed by atoms with van der Waals surface area (Å²) < 4.78 is 0. The maximum absolute atomic E-state index is 12.1. The second-order valence-corrected chi connectivity index (χ2v) is 8.74. The molecule has 15 nitrogen and oxygen atoms in total. The number of nitrogens with two attached hydrogens (primary N) is 3. The van der Waals surface area contributed by atoms with E-state index in [-0.39, 0.29) is 82.9 Å². The predicted molar refractivity (Wildman–Crippen MR) is 138 cm³/mol. The highest BCUT2D eigenvalue weighted by Gasteiger charge is 2.15. The molecule has 0 spiro atoms. The van der Waals surface area contributed by atoms with Crippen molar-refractivity contribution in [3.8, 4) is 0 Å². The lowest BCUT2D eigenvalue weighted by molar-refractivity contribution is -0.123. The van der Waals surface area contributed by atoms with E-state index in [0.29, 0.717) is 39.3 Å². The molecule has 0 aliphatic heterocycles. The normalized spacial score (nSPS) is 13.9. The SMILES string of the molecule is NCC(O)CNC(=O)CCN(CCO)CCN(CCC(=O)NCC(O)CN)CCC(=O)NCC(O)CN. The molecule has 15 heteroatoms. The van der Waals surface area contributed by atoms with Crippen LogP contribution in [0, 0.1) is 0 Å². The summed E-state index contributed by atoms with van der Waals surface area (Å²) in [5.74, 6) is -0.784. The highest BCUT2D eigenvalue weighted by Crippen LogP contribution is 2.00. The van der Waals surface area contributed by atoms with Gasteiger partial charge in [0.2, 0.25) is 17.7 Å². The average Bonchev–Trinajstić information content (AvgIpc) is 2.90. The number of carbonyl (C=O) groups excluding carboxylic acids is 3. The summed E-state index contributed by atoms with van der Waals surface area (Å²) >= 11 is 0. The zero-order valence-corrected chi connectivity index (χ0v) is 21.7. The lowest BCUT2D eigenvalue weighted by Crippen LogP contribution is -2.42. The van der Waals surface area contributed by atoms with Crippen molar-refractivity contribution in [3.05, 3.63) is 0 Å². The van der Waals surface area contributed by atoms with Gasteiger partial charge in [-0.1, -0.05) is 0 Å². The van der Waals surface area contributed by atoms with Gasteiger partial charge in [0.1, 0.15) is 0 Å². The van der Waals surface area contributed by atoms with Gasteiger partial charge in [0.25, 0.3) is 0 Å². The number of amides is 3. The molecule has 0 aromatic rings. The largest absolute Gasteiger partial charge is 0.395 e. The first kappa shape index (κ1) is 35.0. The van der Waals surface area contributed by atoms with Crippen molar-refractivity contribution >= 4 is 17.7 Å². The number of rotatable bonds is 23. The molecule has 0 aliphatic carbocycles. The summed E-state index contributed by atoms with van der Waals surface area (Å²) in [6.45, 7) is 2.50. The molecule has 37 heavy (non-hydrogen) atoms. The summed E-state index contributed by atoms with van der Waals surface area (Å²) in [4.78, 5) is 40.1. The van der Waals surface area contributed by atoms with E-state index >= 15 is 0 Å². The Kier molecular flexibility index (Phi) is 20.9. The number of aliphatic hydroxyl groups excluding tert-OH is 4. The molecular formula is C22H48N8O7. The maximum atomic E-state index is 12.1. The molecule has 0 bridgehead atoms. The third-order valence-electron chi connectivity index (χ3n) is 5.53. The lowest BCUT2D eigenvalue weighted by Gasteiger charge is -2.27. The van der Waals surface area contributed by atoms with Crippen molar-refractivity contribution in [1.82, 2.24) is 25.8 Å². The van der Waals surface area contributed by atoms with Crippen molar-refractivity contribution in [2.45, 2.75) is 37.6 Å². The maximum Gasteiger partial charge on any atom is 0.221 e. The van der Waals surface area contributed by atoms with E-state index in [1.54, 1.807) is 0 Å². The van der Waals surface area contributed by atoms with Crippen LogP contribution in [0.1, 0.15) is 19.3 Å². The molecule has 0 aliphatic rings. The van der Waals surface area contributed by atoms with Gasteiger partial charge in [-0.3, -0.25) is 19.3 Å². The molecule has 3 unspecified atom stereocenters. The Morgan fingerprint density at radius 2 is 0.865 bits per heavy atom. The highest BCUT2D eigenvalue weighted by atomic mass is 16.3. The fourth-order valence-corrected chi connectivity index (χ4v) is 3.08. The number of hydrogen-bond donors (Lipinski definition) is 10. The van der Waals surface area contributed by atoms with E-state index < -0.39 is 18.3 Å². The van der Waals surface area contributed by atoms with Gasteiger partial charge in [0.15, 0.2) is 0 Å². The predicted octanol–water partition coefficient (Wildman–Crippen LogP) is -5.94. The third kappa shape index (κ3) is 19.8. The fraction of sp³-hybridized carbons (Fsp3) is 0.864. The molecule has 0 aromatic heterocycles. The molecule has 0 saturated heterocycles. The number of nitrogens with one attached hydrogen (secondary N) is 3. The quantitative estimate of drug-likeness (QED) is 0.0586. The zero-order valence-electron chi connectivity index (χ0n) is 21.7. The molecule has 3 amide bonds. The van der Waals surface area contributed by atoms with Crippen LogP contribution in [0.15, 0.2) is 0 Å². The minimum Gasteiger partial charge on any atom is -0.395 e. The molecule has 0 rings (SSSR count). The molecule has 0 aromatic carbocycles. The zero-order chi connectivity index (χ0) is 28.1. The van der Waals surface area contributed by atoms with Gasteiger partial charge in [-0.15, -0.1) is 0 Å². The van der Waals surface area contributed by atoms with Crippen LogP contribution in [0.25, 0.3) is 0 Å². The number of carbonyl (C=O) groups is 3. The average molecular weight is 537 g/mol. The van der Waals surface area contributed by atoms with Crippen molar-refractivity contribution in [2.24, 2.45) is 17.2 Å². The first-order chi connectivity index (χ1) is 17.6. The van der Waals surface area contributed by atoms with Crippen LogP contribution in [-0.2, 0) is 14.4 Å². The fourth-order valence-electron chi connectivity index (χ4n) is 3.08. The smallest absolute Gasteiger partial charge is 0.221 e. The van der Waals surface area contributed by atoms with Gasteiger partial charge < -0.3 is 58.5 Å². The Labute approximate surface area is 218 Å². The van der Waals surface area contributed by atoms with E-state index in [0.717, 1.165) is 0 Å². The molecule has 0 fully saturated rings. The summed E-state index contributed by atoms with van der Waals surface area (Å²) in [5.41, 5.74) is 16.0. The Hall–Kier alpha value is -1.95. The van der Waals surface area contributed by atoms with Gasteiger partial charge >= 0.3 is 0 Å². The Bertz CT molecular complexity index is 602. The van der Waals surface area contributed by atoms with E-state index in [2.05, 4.69) is 16.0 Å². The Morgan fingerprint density at radius 1 is 0.568 bits per heavy atom. The van der Waals surface area contributed by atoms with Gasteiger partial charge in [0.05, 0.1) is 24.9 Å². The van der Waals surface area contributed by atoms with Crippen LogP contribution in [0.3, 0.4) is 0 Å². The summed E-state index contributed by atoms with van der Waals surface area (Å²) in [7, 11) is 0. The Balaban J connectivity index is 4.83. The van der Waals surface area contributed by atoms with Crippen LogP contribution in [0.5, 0.6) is 0 Å². The van der Waals surface area contributed by atoms with Crippen LogP contribution in [0.2, 0.25) is 0 Å². The topological polar surface area (TPSA) is 253 Å². The van der Waals surface area contributed by atoms with E-state index in [9.17, 15) is 34.8 Å². The molecule has 218 valence electrons. The molecule has 0 heterocycles. The molecule has 0 radical (unpaired) electrons. The first-order valence-corrected chi connectivity index (χ1v) is 12.6. The molecule has 3 atom stereocenters. The van der Waals surface area contributed by atoms with Crippen LogP contribution in [0.4, 0.5) is 0 Å². The van der Waals surface area contributed by atoms with Crippen molar-refractivity contribution < 1.29 is 34.8 Å². The van der Waals surface area contributed by atoms with E-state index in [1.165, 1.54) is 0 Å². The van der Waals surface area contributed by atoms with Crippen molar-refractivity contribution in [2.75, 3.05) is 85.1 Å². The van der Waals surface area contributed by atoms with E-state index in [4.69, 9.17) is 17.2 Å². The molecule has 13 N–H and O–H groups in total. The van der Waals surface area contributed by atoms with Gasteiger partial charge in [-0.25, -0.2) is 0 Å². The van der Waals surface area contributed by atoms with Crippen LogP contribution < -0.4 is 33.2 Å². The lowest BCUT2D eigenvalue weighted by atomic mass is 10.2. The highest BCUT2D eigenvalue weighted by molar-refractivity contribution is 5.77. The number of hydrogen-bond acceptors (Lipinski definition) is 12. The minimum absolute atomic E-state index is 0.0344. The monoisotopic (exact) mass is 536 g/mol. The number of nitrogens with zero attached hydrogens (tertiary/aromatic N) is 2. The second-order valence-electron chi connectivity index (χ2n) is 8.74. The summed E-state index contributed by atoms with van der Waals surface area (Å²) in [5, 5.41) is 45.7.